The molecule has 0 unspecified atom stereocenters. The molecule has 1 saturated heterocycles. The zero-order chi connectivity index (χ0) is 19.8. The van der Waals surface area contributed by atoms with Gasteiger partial charge in [0.05, 0.1) is 19.8 Å². The summed E-state index contributed by atoms with van der Waals surface area (Å²) in [5.41, 5.74) is 1.86. The normalized spacial score (nSPS) is 14.6. The van der Waals surface area contributed by atoms with Gasteiger partial charge in [-0.1, -0.05) is 18.2 Å². The van der Waals surface area contributed by atoms with E-state index in [2.05, 4.69) is 20.0 Å². The van der Waals surface area contributed by atoms with Crippen LogP contribution < -0.4 is 10.6 Å². The van der Waals surface area contributed by atoms with E-state index in [-0.39, 0.29) is 12.2 Å². The summed E-state index contributed by atoms with van der Waals surface area (Å²) in [7, 11) is 0. The Bertz CT molecular complexity index is 1200. The number of anilines is 1. The van der Waals surface area contributed by atoms with E-state index in [4.69, 9.17) is 9.15 Å². The van der Waals surface area contributed by atoms with Gasteiger partial charge in [-0.15, -0.1) is 5.10 Å². The van der Waals surface area contributed by atoms with E-state index in [0.717, 1.165) is 18.7 Å². The predicted molar refractivity (Wildman–Crippen MR) is 106 cm³/mol. The third-order valence-electron chi connectivity index (χ3n) is 5.01. The van der Waals surface area contributed by atoms with Crippen molar-refractivity contribution in [1.82, 2.24) is 24.1 Å². The first kappa shape index (κ1) is 17.6. The highest BCUT2D eigenvalue weighted by atomic mass is 16.5. The van der Waals surface area contributed by atoms with Crippen LogP contribution in [0.2, 0.25) is 0 Å². The molecule has 9 nitrogen and oxygen atoms in total. The predicted octanol–water partition coefficient (Wildman–Crippen LogP) is 1.74. The summed E-state index contributed by atoms with van der Waals surface area (Å²) in [6.07, 6.45) is 3.26. The van der Waals surface area contributed by atoms with Crippen LogP contribution in [0, 0.1) is 6.92 Å². The van der Waals surface area contributed by atoms with Crippen molar-refractivity contribution < 1.29 is 9.15 Å². The van der Waals surface area contributed by atoms with E-state index in [1.165, 1.54) is 9.08 Å². The van der Waals surface area contributed by atoms with Gasteiger partial charge in [-0.2, -0.15) is 0 Å². The summed E-state index contributed by atoms with van der Waals surface area (Å²) in [6, 6.07) is 9.68. The number of aryl methyl sites for hydroxylation is 1. The molecule has 1 aromatic carbocycles. The molecule has 5 rings (SSSR count). The Morgan fingerprint density at radius 3 is 2.72 bits per heavy atom. The van der Waals surface area contributed by atoms with Crippen molar-refractivity contribution in [2.45, 2.75) is 13.5 Å². The molecular weight excluding hydrogens is 372 g/mol. The first-order valence-corrected chi connectivity index (χ1v) is 9.49. The summed E-state index contributed by atoms with van der Waals surface area (Å²) in [6.45, 7) is 4.77. The molecule has 9 heteroatoms. The van der Waals surface area contributed by atoms with Crippen molar-refractivity contribution in [3.8, 4) is 11.5 Å². The van der Waals surface area contributed by atoms with Crippen LogP contribution in [0.15, 0.2) is 51.9 Å². The number of hydrogen-bond donors (Lipinski definition) is 0. The van der Waals surface area contributed by atoms with Gasteiger partial charge in [-0.25, -0.2) is 23.8 Å². The Labute approximate surface area is 166 Å². The van der Waals surface area contributed by atoms with Gasteiger partial charge >= 0.3 is 5.69 Å². The molecule has 4 aromatic rings. The maximum atomic E-state index is 12.9. The van der Waals surface area contributed by atoms with Crippen LogP contribution in [0.1, 0.15) is 11.5 Å². The highest BCUT2D eigenvalue weighted by molar-refractivity contribution is 5.63. The molecule has 0 radical (unpaired) electrons. The molecule has 148 valence electrons. The van der Waals surface area contributed by atoms with Crippen LogP contribution in [0.3, 0.4) is 0 Å². The second-order valence-corrected chi connectivity index (χ2v) is 6.87. The van der Waals surface area contributed by atoms with Crippen LogP contribution in [0.4, 0.5) is 5.82 Å². The summed E-state index contributed by atoms with van der Waals surface area (Å²) in [4.78, 5) is 24.0. The molecule has 0 spiro atoms. The SMILES string of the molecule is Cc1oc(-c2ccccc2)nc1Cn1nc2c(N3CCOCC3)nccn2c1=O. The molecule has 1 aliphatic heterocycles. The van der Waals surface area contributed by atoms with E-state index in [1.807, 2.05) is 37.3 Å². The Hall–Kier alpha value is -3.46. The summed E-state index contributed by atoms with van der Waals surface area (Å²) in [5, 5.41) is 4.55. The summed E-state index contributed by atoms with van der Waals surface area (Å²) in [5.74, 6) is 1.89. The minimum Gasteiger partial charge on any atom is -0.441 e. The quantitative estimate of drug-likeness (QED) is 0.522. The standard InChI is InChI=1S/C20H20N6O3/c1-14-16(22-19(29-14)15-5-3-2-4-6-15)13-26-20(27)25-8-7-21-17(18(25)23-26)24-9-11-28-12-10-24/h2-8H,9-13H2,1H3. The Kier molecular flexibility index (Phi) is 4.36. The van der Waals surface area contributed by atoms with Crippen LogP contribution in [-0.4, -0.2) is 50.5 Å². The van der Waals surface area contributed by atoms with Crippen molar-refractivity contribution in [3.05, 3.63) is 64.7 Å². The molecule has 0 bridgehead atoms. The number of rotatable bonds is 4. The molecule has 0 atom stereocenters. The fourth-order valence-electron chi connectivity index (χ4n) is 3.46. The lowest BCUT2D eigenvalue weighted by Crippen LogP contribution is -2.37. The Morgan fingerprint density at radius 1 is 1.14 bits per heavy atom. The molecule has 1 aliphatic rings. The minimum atomic E-state index is -0.236. The van der Waals surface area contributed by atoms with Gasteiger partial charge < -0.3 is 14.1 Å². The van der Waals surface area contributed by atoms with Crippen LogP contribution >= 0.6 is 0 Å². The number of ether oxygens (including phenoxy) is 1. The van der Waals surface area contributed by atoms with Crippen LogP contribution in [0.5, 0.6) is 0 Å². The van der Waals surface area contributed by atoms with Gasteiger partial charge in [0.1, 0.15) is 11.5 Å². The lowest BCUT2D eigenvalue weighted by Gasteiger charge is -2.27. The second kappa shape index (κ2) is 7.17. The molecule has 4 heterocycles. The summed E-state index contributed by atoms with van der Waals surface area (Å²) < 4.78 is 14.1. The van der Waals surface area contributed by atoms with E-state index in [0.29, 0.717) is 42.0 Å². The average molecular weight is 392 g/mol. The van der Waals surface area contributed by atoms with E-state index < -0.39 is 0 Å². The molecule has 0 amide bonds. The van der Waals surface area contributed by atoms with E-state index in [9.17, 15) is 4.79 Å². The number of aromatic nitrogens is 5. The second-order valence-electron chi connectivity index (χ2n) is 6.87. The molecule has 0 aliphatic carbocycles. The molecule has 3 aromatic heterocycles. The van der Waals surface area contributed by atoms with Crippen molar-refractivity contribution in [2.75, 3.05) is 31.2 Å². The van der Waals surface area contributed by atoms with Crippen LogP contribution in [-0.2, 0) is 11.3 Å². The maximum Gasteiger partial charge on any atom is 0.350 e. The fourth-order valence-corrected chi connectivity index (χ4v) is 3.46. The van der Waals surface area contributed by atoms with E-state index >= 15 is 0 Å². The number of hydrogen-bond acceptors (Lipinski definition) is 7. The van der Waals surface area contributed by atoms with Crippen molar-refractivity contribution in [3.63, 3.8) is 0 Å². The van der Waals surface area contributed by atoms with Crippen molar-refractivity contribution in [2.24, 2.45) is 0 Å². The van der Waals surface area contributed by atoms with Crippen molar-refractivity contribution in [1.29, 1.82) is 0 Å². The van der Waals surface area contributed by atoms with Gasteiger partial charge in [0.15, 0.2) is 5.82 Å². The largest absolute Gasteiger partial charge is 0.441 e. The highest BCUT2D eigenvalue weighted by Crippen LogP contribution is 2.22. The zero-order valence-corrected chi connectivity index (χ0v) is 16.0. The Morgan fingerprint density at radius 2 is 1.93 bits per heavy atom. The smallest absolute Gasteiger partial charge is 0.350 e. The van der Waals surface area contributed by atoms with E-state index in [1.54, 1.807) is 12.4 Å². The number of nitrogens with zero attached hydrogens (tertiary/aromatic N) is 6. The van der Waals surface area contributed by atoms with Gasteiger partial charge in [-0.3, -0.25) is 0 Å². The first-order chi connectivity index (χ1) is 14.2. The number of oxazole rings is 1. The number of morpholine rings is 1. The topological polar surface area (TPSA) is 90.7 Å². The zero-order valence-electron chi connectivity index (χ0n) is 16.0. The lowest BCUT2D eigenvalue weighted by atomic mass is 10.2. The number of fused-ring (bicyclic) bond motifs is 1. The minimum absolute atomic E-state index is 0.227. The summed E-state index contributed by atoms with van der Waals surface area (Å²) >= 11 is 0. The molecule has 1 fully saturated rings. The monoisotopic (exact) mass is 392 g/mol. The van der Waals surface area contributed by atoms with Gasteiger partial charge in [-0.05, 0) is 19.1 Å². The Balaban J connectivity index is 1.51. The third kappa shape index (κ3) is 3.19. The third-order valence-corrected chi connectivity index (χ3v) is 5.01. The van der Waals surface area contributed by atoms with Gasteiger partial charge in [0.25, 0.3) is 0 Å². The molecule has 29 heavy (non-hydrogen) atoms. The average Bonchev–Trinajstić information content (AvgIpc) is 3.29. The van der Waals surface area contributed by atoms with Gasteiger partial charge in [0, 0.05) is 31.0 Å². The van der Waals surface area contributed by atoms with Crippen molar-refractivity contribution >= 4 is 11.5 Å². The lowest BCUT2D eigenvalue weighted by molar-refractivity contribution is 0.122. The molecule has 0 N–H and O–H groups in total. The fraction of sp³-hybridized carbons (Fsp3) is 0.300. The number of benzene rings is 1. The highest BCUT2D eigenvalue weighted by Gasteiger charge is 2.20. The van der Waals surface area contributed by atoms with Gasteiger partial charge in [0.2, 0.25) is 11.5 Å². The molecule has 0 saturated carbocycles. The van der Waals surface area contributed by atoms with Crippen LogP contribution in [0.25, 0.3) is 17.1 Å². The molecular formula is C20H20N6O3. The maximum absolute atomic E-state index is 12.9. The first-order valence-electron chi connectivity index (χ1n) is 9.49.